The third kappa shape index (κ3) is 9.57. The van der Waals surface area contributed by atoms with Crippen molar-refractivity contribution in [3.05, 3.63) is 0 Å². The largest absolute Gasteiger partial charge is 0.398 e. The molecule has 0 radical (unpaired) electrons. The monoisotopic (exact) mass is 291 g/mol. The molecular formula is C14H33NO3Si. The second kappa shape index (κ2) is 11.8. The SMILES string of the molecule is CCC[Si](CCCNCCCOC(C)C)(OC)OC. The average molecular weight is 292 g/mol. The fourth-order valence-corrected chi connectivity index (χ4v) is 4.83. The maximum absolute atomic E-state index is 5.67. The van der Waals surface area contributed by atoms with Crippen molar-refractivity contribution < 1.29 is 13.6 Å². The molecule has 0 aliphatic heterocycles. The summed E-state index contributed by atoms with van der Waals surface area (Å²) in [7, 11) is 1.69. The van der Waals surface area contributed by atoms with Crippen molar-refractivity contribution in [3.63, 3.8) is 0 Å². The minimum Gasteiger partial charge on any atom is -0.398 e. The molecule has 0 bridgehead atoms. The molecule has 1 N–H and O–H groups in total. The first-order chi connectivity index (χ1) is 9.10. The second-order valence-electron chi connectivity index (χ2n) is 5.20. The van der Waals surface area contributed by atoms with Crippen LogP contribution >= 0.6 is 0 Å². The van der Waals surface area contributed by atoms with Crippen molar-refractivity contribution in [1.29, 1.82) is 0 Å². The van der Waals surface area contributed by atoms with E-state index in [9.17, 15) is 0 Å². The van der Waals surface area contributed by atoms with E-state index in [0.717, 1.165) is 51.0 Å². The number of hydrogen-bond donors (Lipinski definition) is 1. The van der Waals surface area contributed by atoms with Crippen molar-refractivity contribution in [2.45, 2.75) is 58.2 Å². The molecule has 0 aliphatic rings. The molecule has 116 valence electrons. The molecule has 0 aromatic carbocycles. The van der Waals surface area contributed by atoms with Crippen LogP contribution in [-0.2, 0) is 13.6 Å². The molecule has 0 spiro atoms. The Labute approximate surface area is 120 Å². The van der Waals surface area contributed by atoms with E-state index >= 15 is 0 Å². The Morgan fingerprint density at radius 3 is 2.16 bits per heavy atom. The van der Waals surface area contributed by atoms with Crippen LogP contribution in [0.1, 0.15) is 40.0 Å². The summed E-state index contributed by atoms with van der Waals surface area (Å²) in [6.07, 6.45) is 3.67. The maximum atomic E-state index is 5.67. The number of nitrogens with one attached hydrogen (secondary N) is 1. The third-order valence-corrected chi connectivity index (χ3v) is 7.10. The van der Waals surface area contributed by atoms with Gasteiger partial charge < -0.3 is 18.9 Å². The van der Waals surface area contributed by atoms with Crippen molar-refractivity contribution in [3.8, 4) is 0 Å². The Kier molecular flexibility index (Phi) is 11.9. The van der Waals surface area contributed by atoms with Crippen LogP contribution in [0, 0.1) is 0 Å². The summed E-state index contributed by atoms with van der Waals surface area (Å²) in [4.78, 5) is 0. The van der Waals surface area contributed by atoms with E-state index in [0.29, 0.717) is 6.10 Å². The van der Waals surface area contributed by atoms with Gasteiger partial charge in [-0.2, -0.15) is 0 Å². The van der Waals surface area contributed by atoms with Crippen LogP contribution < -0.4 is 5.32 Å². The van der Waals surface area contributed by atoms with Crippen LogP contribution in [0.5, 0.6) is 0 Å². The second-order valence-corrected chi connectivity index (χ2v) is 8.83. The molecule has 0 aromatic rings. The molecule has 5 heteroatoms. The molecule has 0 unspecified atom stereocenters. The van der Waals surface area contributed by atoms with Gasteiger partial charge in [-0.05, 0) is 51.9 Å². The summed E-state index contributed by atoms with van der Waals surface area (Å²) in [5, 5.41) is 3.45. The average Bonchev–Trinajstić information content (AvgIpc) is 2.40. The standard InChI is InChI=1S/C14H33NO3Si/c1-6-12-19(16-4,17-5)13-8-10-15-9-7-11-18-14(2)3/h14-15H,6-13H2,1-5H3. The highest BCUT2D eigenvalue weighted by molar-refractivity contribution is 6.67. The van der Waals surface area contributed by atoms with Gasteiger partial charge in [0.25, 0.3) is 0 Å². The van der Waals surface area contributed by atoms with Gasteiger partial charge in [0, 0.05) is 20.8 Å². The summed E-state index contributed by atoms with van der Waals surface area (Å²) in [6.45, 7) is 9.23. The lowest BCUT2D eigenvalue weighted by atomic mass is 10.4. The van der Waals surface area contributed by atoms with E-state index < -0.39 is 8.56 Å². The Bertz CT molecular complexity index is 199. The minimum absolute atomic E-state index is 0.337. The maximum Gasteiger partial charge on any atom is 0.337 e. The molecule has 0 heterocycles. The van der Waals surface area contributed by atoms with Gasteiger partial charge in [0.2, 0.25) is 0 Å². The van der Waals surface area contributed by atoms with Gasteiger partial charge in [0.05, 0.1) is 6.10 Å². The summed E-state index contributed by atoms with van der Waals surface area (Å²) < 4.78 is 16.8. The van der Waals surface area contributed by atoms with Crippen molar-refractivity contribution >= 4 is 8.56 Å². The predicted octanol–water partition coefficient (Wildman–Crippen LogP) is 2.93. The molecule has 0 atom stereocenters. The molecule has 0 aromatic heterocycles. The van der Waals surface area contributed by atoms with Crippen molar-refractivity contribution in [1.82, 2.24) is 5.32 Å². The summed E-state index contributed by atoms with van der Waals surface area (Å²) in [5.74, 6) is 0. The normalized spacial score (nSPS) is 12.3. The lowest BCUT2D eigenvalue weighted by molar-refractivity contribution is 0.0771. The van der Waals surface area contributed by atoms with Crippen molar-refractivity contribution in [2.24, 2.45) is 0 Å². The van der Waals surface area contributed by atoms with Gasteiger partial charge in [0.1, 0.15) is 0 Å². The zero-order valence-corrected chi connectivity index (χ0v) is 14.5. The third-order valence-electron chi connectivity index (χ3n) is 3.24. The van der Waals surface area contributed by atoms with Gasteiger partial charge in [-0.1, -0.05) is 13.3 Å². The zero-order chi connectivity index (χ0) is 14.6. The van der Waals surface area contributed by atoms with Gasteiger partial charge in [-0.25, -0.2) is 0 Å². The van der Waals surface area contributed by atoms with Crippen LogP contribution in [0.15, 0.2) is 0 Å². The minimum atomic E-state index is -1.90. The molecule has 0 saturated heterocycles. The molecule has 0 saturated carbocycles. The molecule has 19 heavy (non-hydrogen) atoms. The van der Waals surface area contributed by atoms with Crippen LogP contribution in [0.25, 0.3) is 0 Å². The lowest BCUT2D eigenvalue weighted by Gasteiger charge is -2.27. The quantitative estimate of drug-likeness (QED) is 0.418. The Balaban J connectivity index is 3.55. The van der Waals surface area contributed by atoms with Crippen LogP contribution in [0.2, 0.25) is 12.1 Å². The molecule has 0 aliphatic carbocycles. The first-order valence-electron chi connectivity index (χ1n) is 7.53. The smallest absolute Gasteiger partial charge is 0.337 e. The van der Waals surface area contributed by atoms with E-state index in [1.54, 1.807) is 14.2 Å². The van der Waals surface area contributed by atoms with E-state index in [1.807, 2.05) is 0 Å². The summed E-state index contributed by atoms with van der Waals surface area (Å²) >= 11 is 0. The Hall–Kier alpha value is 0.0569. The Morgan fingerprint density at radius 2 is 1.63 bits per heavy atom. The molecule has 0 amide bonds. The lowest BCUT2D eigenvalue weighted by Crippen LogP contribution is -2.40. The van der Waals surface area contributed by atoms with Crippen LogP contribution in [0.3, 0.4) is 0 Å². The highest BCUT2D eigenvalue weighted by atomic mass is 28.4. The number of ether oxygens (including phenoxy) is 1. The summed E-state index contributed by atoms with van der Waals surface area (Å²) in [6, 6.07) is 2.16. The van der Waals surface area contributed by atoms with E-state index in [4.69, 9.17) is 13.6 Å². The fourth-order valence-electron chi connectivity index (χ4n) is 2.12. The summed E-state index contributed by atoms with van der Waals surface area (Å²) in [5.41, 5.74) is 0. The van der Waals surface area contributed by atoms with Crippen LogP contribution in [-0.4, -0.2) is 48.6 Å². The highest BCUT2D eigenvalue weighted by Gasteiger charge is 2.33. The zero-order valence-electron chi connectivity index (χ0n) is 13.5. The first-order valence-corrected chi connectivity index (χ1v) is 9.76. The highest BCUT2D eigenvalue weighted by Crippen LogP contribution is 2.20. The predicted molar refractivity (Wildman–Crippen MR) is 82.9 cm³/mol. The van der Waals surface area contributed by atoms with E-state index in [-0.39, 0.29) is 0 Å². The topological polar surface area (TPSA) is 39.7 Å². The van der Waals surface area contributed by atoms with Gasteiger partial charge in [0.15, 0.2) is 0 Å². The van der Waals surface area contributed by atoms with E-state index in [2.05, 4.69) is 26.1 Å². The number of rotatable bonds is 13. The van der Waals surface area contributed by atoms with E-state index in [1.165, 1.54) is 0 Å². The number of hydrogen-bond acceptors (Lipinski definition) is 4. The van der Waals surface area contributed by atoms with Gasteiger partial charge >= 0.3 is 8.56 Å². The van der Waals surface area contributed by atoms with Crippen LogP contribution in [0.4, 0.5) is 0 Å². The molecule has 4 nitrogen and oxygen atoms in total. The first kappa shape index (κ1) is 19.1. The molecule has 0 fully saturated rings. The van der Waals surface area contributed by atoms with Gasteiger partial charge in [-0.3, -0.25) is 0 Å². The van der Waals surface area contributed by atoms with Crippen molar-refractivity contribution in [2.75, 3.05) is 33.9 Å². The molecule has 0 rings (SSSR count). The van der Waals surface area contributed by atoms with Gasteiger partial charge in [-0.15, -0.1) is 0 Å². The molecular weight excluding hydrogens is 258 g/mol. The Morgan fingerprint density at radius 1 is 1.00 bits per heavy atom. The fraction of sp³-hybridized carbons (Fsp3) is 1.00.